The number of likely N-dealkylation sites (N-methyl/N-ethyl adjacent to an activating group) is 1. The van der Waals surface area contributed by atoms with Gasteiger partial charge in [0.1, 0.15) is 5.60 Å². The molecule has 0 unspecified atom stereocenters. The summed E-state index contributed by atoms with van der Waals surface area (Å²) in [6.45, 7) is 11.6. The highest BCUT2D eigenvalue weighted by Crippen LogP contribution is 2.20. The first kappa shape index (κ1) is 13.3. The lowest BCUT2D eigenvalue weighted by atomic mass is 10.1. The molecule has 1 fully saturated rings. The molecule has 1 amide bonds. The Kier molecular flexibility index (Phi) is 4.19. The fraction of sp³-hybridized carbons (Fsp3) is 0.917. The molecule has 1 rings (SSSR count). The van der Waals surface area contributed by atoms with Gasteiger partial charge in [-0.15, -0.1) is 0 Å². The van der Waals surface area contributed by atoms with Crippen molar-refractivity contribution in [2.75, 3.05) is 13.1 Å². The first-order valence-corrected chi connectivity index (χ1v) is 6.08. The third kappa shape index (κ3) is 3.37. The molecule has 4 heteroatoms. The lowest BCUT2D eigenvalue weighted by Gasteiger charge is -2.28. The lowest BCUT2D eigenvalue weighted by molar-refractivity contribution is 0.0230. The molecule has 0 spiro atoms. The number of nitrogens with one attached hydrogen (secondary N) is 1. The van der Waals surface area contributed by atoms with Gasteiger partial charge in [0.05, 0.1) is 0 Å². The zero-order valence-electron chi connectivity index (χ0n) is 11.0. The molecule has 0 bridgehead atoms. The van der Waals surface area contributed by atoms with Crippen LogP contribution in [0, 0.1) is 0 Å². The molecule has 1 aliphatic rings. The molecule has 2 atom stereocenters. The van der Waals surface area contributed by atoms with Gasteiger partial charge in [-0.25, -0.2) is 4.79 Å². The normalized spacial score (nSPS) is 25.9. The van der Waals surface area contributed by atoms with E-state index in [4.69, 9.17) is 4.74 Å². The fourth-order valence-corrected chi connectivity index (χ4v) is 2.05. The van der Waals surface area contributed by atoms with Gasteiger partial charge in [-0.1, -0.05) is 6.92 Å². The molecule has 1 N–H and O–H groups in total. The topological polar surface area (TPSA) is 41.6 Å². The Morgan fingerprint density at radius 1 is 1.50 bits per heavy atom. The third-order valence-electron chi connectivity index (χ3n) is 2.85. The number of rotatable bonds is 2. The van der Waals surface area contributed by atoms with Crippen LogP contribution in [0.3, 0.4) is 0 Å². The van der Waals surface area contributed by atoms with E-state index in [1.165, 1.54) is 0 Å². The Balaban J connectivity index is 2.53. The Labute approximate surface area is 98.3 Å². The molecule has 0 radical (unpaired) electrons. The monoisotopic (exact) mass is 228 g/mol. The Morgan fingerprint density at radius 2 is 2.12 bits per heavy atom. The van der Waals surface area contributed by atoms with Gasteiger partial charge in [-0.05, 0) is 40.7 Å². The number of carbonyl (C=O) groups excluding carboxylic acids is 1. The van der Waals surface area contributed by atoms with Crippen molar-refractivity contribution in [3.05, 3.63) is 0 Å². The van der Waals surface area contributed by atoms with Crippen LogP contribution in [0.1, 0.15) is 41.0 Å². The summed E-state index contributed by atoms with van der Waals surface area (Å²) in [6, 6.07) is 0.618. The highest BCUT2D eigenvalue weighted by atomic mass is 16.6. The molecule has 16 heavy (non-hydrogen) atoms. The van der Waals surface area contributed by atoms with E-state index in [1.54, 1.807) is 0 Å². The summed E-state index contributed by atoms with van der Waals surface area (Å²) in [4.78, 5) is 13.7. The fourth-order valence-electron chi connectivity index (χ4n) is 2.05. The minimum atomic E-state index is -0.410. The summed E-state index contributed by atoms with van der Waals surface area (Å²) < 4.78 is 5.38. The van der Waals surface area contributed by atoms with Crippen LogP contribution in [0.25, 0.3) is 0 Å². The SMILES string of the molecule is CCN[C@@H]1CCN(C(=O)OC(C)(C)C)[C@@H]1C. The first-order chi connectivity index (χ1) is 7.35. The van der Waals surface area contributed by atoms with Crippen molar-refractivity contribution in [1.82, 2.24) is 10.2 Å². The minimum Gasteiger partial charge on any atom is -0.444 e. The van der Waals surface area contributed by atoms with Gasteiger partial charge in [0.25, 0.3) is 0 Å². The Bertz CT molecular complexity index is 248. The zero-order valence-corrected chi connectivity index (χ0v) is 11.0. The van der Waals surface area contributed by atoms with Crippen LogP contribution in [0.5, 0.6) is 0 Å². The number of likely N-dealkylation sites (tertiary alicyclic amines) is 1. The highest BCUT2D eigenvalue weighted by Gasteiger charge is 2.35. The molecule has 4 nitrogen and oxygen atoms in total. The van der Waals surface area contributed by atoms with Crippen molar-refractivity contribution in [2.24, 2.45) is 0 Å². The van der Waals surface area contributed by atoms with Crippen LogP contribution in [-0.2, 0) is 4.74 Å². The molecule has 0 aromatic heterocycles. The Morgan fingerprint density at radius 3 is 2.62 bits per heavy atom. The second-order valence-corrected chi connectivity index (χ2v) is 5.37. The maximum atomic E-state index is 11.9. The second kappa shape index (κ2) is 5.04. The summed E-state index contributed by atoms with van der Waals surface area (Å²) >= 11 is 0. The minimum absolute atomic E-state index is 0.194. The van der Waals surface area contributed by atoms with Crippen LogP contribution >= 0.6 is 0 Å². The molecule has 0 aromatic rings. The highest BCUT2D eigenvalue weighted by molar-refractivity contribution is 5.69. The van der Waals surface area contributed by atoms with E-state index in [0.29, 0.717) is 6.04 Å². The predicted molar refractivity (Wildman–Crippen MR) is 64.5 cm³/mol. The van der Waals surface area contributed by atoms with Crippen LogP contribution in [0.4, 0.5) is 4.79 Å². The lowest BCUT2D eigenvalue weighted by Crippen LogP contribution is -2.44. The van der Waals surface area contributed by atoms with E-state index in [0.717, 1.165) is 19.5 Å². The summed E-state index contributed by atoms with van der Waals surface area (Å²) in [6.07, 6.45) is 0.814. The van der Waals surface area contributed by atoms with E-state index >= 15 is 0 Å². The molecule has 0 aliphatic carbocycles. The van der Waals surface area contributed by atoms with E-state index in [1.807, 2.05) is 25.7 Å². The summed E-state index contributed by atoms with van der Waals surface area (Å²) in [5, 5.41) is 3.39. The van der Waals surface area contributed by atoms with Gasteiger partial charge in [-0.3, -0.25) is 0 Å². The number of hydrogen-bond donors (Lipinski definition) is 1. The second-order valence-electron chi connectivity index (χ2n) is 5.37. The third-order valence-corrected chi connectivity index (χ3v) is 2.85. The van der Waals surface area contributed by atoms with Crippen LogP contribution in [0.2, 0.25) is 0 Å². The summed E-state index contributed by atoms with van der Waals surface area (Å²) in [5.74, 6) is 0. The van der Waals surface area contributed by atoms with Gasteiger partial charge in [0.2, 0.25) is 0 Å². The number of carbonyl (C=O) groups is 1. The van der Waals surface area contributed by atoms with Crippen molar-refractivity contribution in [3.63, 3.8) is 0 Å². The average Bonchev–Trinajstić information content (AvgIpc) is 2.46. The molecule has 1 saturated heterocycles. The molecule has 1 aliphatic heterocycles. The van der Waals surface area contributed by atoms with Crippen molar-refractivity contribution in [1.29, 1.82) is 0 Å². The molecular formula is C12H24N2O2. The molecule has 94 valence electrons. The summed E-state index contributed by atoms with van der Waals surface area (Å²) in [7, 11) is 0. The molecule has 1 heterocycles. The van der Waals surface area contributed by atoms with Crippen molar-refractivity contribution < 1.29 is 9.53 Å². The number of nitrogens with zero attached hydrogens (tertiary/aromatic N) is 1. The van der Waals surface area contributed by atoms with Crippen LogP contribution in [-0.4, -0.2) is 41.8 Å². The number of hydrogen-bond acceptors (Lipinski definition) is 3. The van der Waals surface area contributed by atoms with Gasteiger partial charge >= 0.3 is 6.09 Å². The maximum Gasteiger partial charge on any atom is 0.410 e. The van der Waals surface area contributed by atoms with Crippen molar-refractivity contribution >= 4 is 6.09 Å². The van der Waals surface area contributed by atoms with Crippen molar-refractivity contribution in [2.45, 2.75) is 58.7 Å². The van der Waals surface area contributed by atoms with Gasteiger partial charge in [0.15, 0.2) is 0 Å². The van der Waals surface area contributed by atoms with Crippen LogP contribution < -0.4 is 5.32 Å². The first-order valence-electron chi connectivity index (χ1n) is 6.08. The Hall–Kier alpha value is -0.770. The average molecular weight is 228 g/mol. The van der Waals surface area contributed by atoms with E-state index < -0.39 is 5.60 Å². The van der Waals surface area contributed by atoms with E-state index in [-0.39, 0.29) is 12.1 Å². The smallest absolute Gasteiger partial charge is 0.410 e. The van der Waals surface area contributed by atoms with E-state index in [9.17, 15) is 4.79 Å². The zero-order chi connectivity index (χ0) is 12.3. The quantitative estimate of drug-likeness (QED) is 0.786. The van der Waals surface area contributed by atoms with Crippen molar-refractivity contribution in [3.8, 4) is 0 Å². The molecule has 0 aromatic carbocycles. The number of amides is 1. The standard InChI is InChI=1S/C12H24N2O2/c1-6-13-10-7-8-14(9(10)2)11(15)16-12(3,4)5/h9-10,13H,6-8H2,1-5H3/t9-,10-/m1/s1. The maximum absolute atomic E-state index is 11.9. The predicted octanol–water partition coefficient (Wildman–Crippen LogP) is 1.99. The largest absolute Gasteiger partial charge is 0.444 e. The van der Waals surface area contributed by atoms with E-state index in [2.05, 4.69) is 19.2 Å². The molecular weight excluding hydrogens is 204 g/mol. The molecule has 0 saturated carbocycles. The van der Waals surface area contributed by atoms with Gasteiger partial charge in [0, 0.05) is 18.6 Å². The van der Waals surface area contributed by atoms with Gasteiger partial charge in [-0.2, -0.15) is 0 Å². The van der Waals surface area contributed by atoms with Gasteiger partial charge < -0.3 is 15.0 Å². The number of ether oxygens (including phenoxy) is 1. The van der Waals surface area contributed by atoms with Crippen LogP contribution in [0.15, 0.2) is 0 Å². The summed E-state index contributed by atoms with van der Waals surface area (Å²) in [5.41, 5.74) is -0.410.